The van der Waals surface area contributed by atoms with Crippen LogP contribution in [0.1, 0.15) is 27.2 Å². The first-order valence-corrected chi connectivity index (χ1v) is 7.96. The van der Waals surface area contributed by atoms with Crippen molar-refractivity contribution in [3.8, 4) is 11.4 Å². The monoisotopic (exact) mass is 357 g/mol. The molecule has 0 N–H and O–H groups in total. The normalized spacial score (nSPS) is 11.0. The van der Waals surface area contributed by atoms with E-state index < -0.39 is 11.2 Å². The van der Waals surface area contributed by atoms with Gasteiger partial charge in [-0.05, 0) is 26.3 Å². The molecule has 0 aliphatic carbocycles. The summed E-state index contributed by atoms with van der Waals surface area (Å²) in [5, 5.41) is 4.46. The summed E-state index contributed by atoms with van der Waals surface area (Å²) in [4.78, 5) is 24.3. The molecule has 2 rings (SSSR count). The first kappa shape index (κ1) is 17.6. The minimum atomic E-state index is -0.556. The Balaban J connectivity index is 2.65. The van der Waals surface area contributed by atoms with Crippen LogP contribution in [0.3, 0.4) is 0 Å². The second-order valence-corrected chi connectivity index (χ2v) is 6.04. The Hall–Kier alpha value is -1.79. The number of benzene rings is 1. The number of hydrogen-bond acceptors (Lipinski definition) is 4. The van der Waals surface area contributed by atoms with Gasteiger partial charge >= 0.3 is 5.69 Å². The van der Waals surface area contributed by atoms with Gasteiger partial charge in [0.2, 0.25) is 0 Å². The zero-order valence-corrected chi connectivity index (χ0v) is 14.6. The van der Waals surface area contributed by atoms with Crippen molar-refractivity contribution in [1.29, 1.82) is 0 Å². The summed E-state index contributed by atoms with van der Waals surface area (Å²) in [6, 6.07) is 3.03. The molecule has 0 bridgehead atoms. The van der Waals surface area contributed by atoms with Crippen LogP contribution >= 0.6 is 23.2 Å². The van der Waals surface area contributed by atoms with Crippen molar-refractivity contribution >= 4 is 23.2 Å². The van der Waals surface area contributed by atoms with E-state index in [-0.39, 0.29) is 11.1 Å². The predicted octanol–water partition coefficient (Wildman–Crippen LogP) is 2.90. The Labute approximate surface area is 143 Å². The average molecular weight is 358 g/mol. The van der Waals surface area contributed by atoms with Gasteiger partial charge in [-0.2, -0.15) is 9.78 Å². The van der Waals surface area contributed by atoms with E-state index in [1.807, 2.05) is 20.8 Å². The number of hydrogen-bond donors (Lipinski definition) is 0. The molecule has 0 radical (unpaired) electrons. The minimum Gasteiger partial charge on any atom is -0.489 e. The lowest BCUT2D eigenvalue weighted by Crippen LogP contribution is -2.40. The summed E-state index contributed by atoms with van der Waals surface area (Å²) < 4.78 is 7.79. The maximum Gasteiger partial charge on any atom is 0.352 e. The van der Waals surface area contributed by atoms with Gasteiger partial charge < -0.3 is 4.74 Å². The van der Waals surface area contributed by atoms with Crippen LogP contribution < -0.4 is 16.0 Å². The zero-order chi connectivity index (χ0) is 17.1. The van der Waals surface area contributed by atoms with Crippen LogP contribution in [-0.4, -0.2) is 20.5 Å². The maximum atomic E-state index is 12.5. The molecule has 0 saturated carbocycles. The smallest absolute Gasteiger partial charge is 0.352 e. The number of nitrogens with zero attached hydrogens (tertiary/aromatic N) is 3. The minimum absolute atomic E-state index is 0.0970. The molecular weight excluding hydrogens is 341 g/mol. The molecule has 0 fully saturated rings. The van der Waals surface area contributed by atoms with Crippen LogP contribution in [0.25, 0.3) is 5.69 Å². The van der Waals surface area contributed by atoms with E-state index in [4.69, 9.17) is 27.9 Å². The highest BCUT2D eigenvalue weighted by atomic mass is 35.5. The summed E-state index contributed by atoms with van der Waals surface area (Å²) in [5.41, 5.74) is -0.697. The lowest BCUT2D eigenvalue weighted by atomic mass is 10.3. The van der Waals surface area contributed by atoms with Crippen LogP contribution in [0.5, 0.6) is 5.75 Å². The molecule has 0 saturated heterocycles. The van der Waals surface area contributed by atoms with Crippen molar-refractivity contribution in [1.82, 2.24) is 14.3 Å². The number of aromatic nitrogens is 3. The van der Waals surface area contributed by atoms with E-state index in [0.29, 0.717) is 29.4 Å². The molecule has 0 atom stereocenters. The van der Waals surface area contributed by atoms with Crippen LogP contribution in [0.4, 0.5) is 0 Å². The van der Waals surface area contributed by atoms with Crippen LogP contribution in [-0.2, 0) is 6.54 Å². The van der Waals surface area contributed by atoms with Gasteiger partial charge in [0.1, 0.15) is 11.9 Å². The fraction of sp³-hybridized carbons (Fsp3) is 0.400. The van der Waals surface area contributed by atoms with Gasteiger partial charge in [0, 0.05) is 12.6 Å². The Morgan fingerprint density at radius 3 is 2.52 bits per heavy atom. The summed E-state index contributed by atoms with van der Waals surface area (Å²) in [6.45, 7) is 5.90. The van der Waals surface area contributed by atoms with E-state index in [1.165, 1.54) is 6.07 Å². The van der Waals surface area contributed by atoms with Crippen molar-refractivity contribution in [2.24, 2.45) is 0 Å². The highest BCUT2D eigenvalue weighted by Gasteiger charge is 2.15. The van der Waals surface area contributed by atoms with E-state index in [2.05, 4.69) is 5.10 Å². The predicted molar refractivity (Wildman–Crippen MR) is 90.2 cm³/mol. The molecule has 0 unspecified atom stereocenters. The third-order valence-corrected chi connectivity index (χ3v) is 3.60. The van der Waals surface area contributed by atoms with E-state index in [9.17, 15) is 9.59 Å². The van der Waals surface area contributed by atoms with Gasteiger partial charge in [-0.3, -0.25) is 9.36 Å². The van der Waals surface area contributed by atoms with Gasteiger partial charge in [-0.1, -0.05) is 30.1 Å². The van der Waals surface area contributed by atoms with Crippen molar-refractivity contribution < 1.29 is 4.74 Å². The molecule has 23 heavy (non-hydrogen) atoms. The maximum absolute atomic E-state index is 12.5. The Bertz CT molecular complexity index is 828. The van der Waals surface area contributed by atoms with Crippen LogP contribution in [0.15, 0.2) is 27.9 Å². The second kappa shape index (κ2) is 7.19. The third kappa shape index (κ3) is 3.76. The van der Waals surface area contributed by atoms with Gasteiger partial charge in [-0.15, -0.1) is 0 Å². The molecule has 6 nitrogen and oxygen atoms in total. The standard InChI is InChI=1S/C15H17Cl2N3O3/c1-4-5-19-14(21)8-18-20(15(19)22)12-7-13(23-9(2)3)11(17)6-10(12)16/h6-9H,4-5H2,1-3H3. The van der Waals surface area contributed by atoms with Crippen molar-refractivity contribution in [3.63, 3.8) is 0 Å². The SMILES string of the molecule is CCCn1c(=O)cnn(-c2cc(OC(C)C)c(Cl)cc2Cl)c1=O. The highest BCUT2D eigenvalue weighted by molar-refractivity contribution is 6.36. The van der Waals surface area contributed by atoms with Gasteiger partial charge in [0.25, 0.3) is 5.56 Å². The van der Waals surface area contributed by atoms with Crippen LogP contribution in [0.2, 0.25) is 10.0 Å². The molecule has 2 aromatic rings. The van der Waals surface area contributed by atoms with Gasteiger partial charge in [0.15, 0.2) is 0 Å². The topological polar surface area (TPSA) is 66.1 Å². The Kier molecular flexibility index (Phi) is 5.49. The molecule has 1 aromatic heterocycles. The first-order valence-electron chi connectivity index (χ1n) is 7.20. The fourth-order valence-electron chi connectivity index (χ4n) is 2.05. The average Bonchev–Trinajstić information content (AvgIpc) is 2.47. The molecule has 1 aromatic carbocycles. The summed E-state index contributed by atoms with van der Waals surface area (Å²) in [5.74, 6) is 0.392. The number of halogens is 2. The molecule has 8 heteroatoms. The van der Waals surface area contributed by atoms with Gasteiger partial charge in [0.05, 0.1) is 21.8 Å². The van der Waals surface area contributed by atoms with Crippen molar-refractivity contribution in [3.05, 3.63) is 49.2 Å². The lowest BCUT2D eigenvalue weighted by Gasteiger charge is -2.15. The zero-order valence-electron chi connectivity index (χ0n) is 13.0. The number of rotatable bonds is 5. The first-order chi connectivity index (χ1) is 10.8. The molecule has 0 spiro atoms. The van der Waals surface area contributed by atoms with Crippen molar-refractivity contribution in [2.45, 2.75) is 39.8 Å². The van der Waals surface area contributed by atoms with E-state index in [0.717, 1.165) is 15.4 Å². The quantitative estimate of drug-likeness (QED) is 0.824. The molecule has 0 amide bonds. The van der Waals surface area contributed by atoms with Crippen LogP contribution in [0, 0.1) is 0 Å². The van der Waals surface area contributed by atoms with Gasteiger partial charge in [-0.25, -0.2) is 4.79 Å². The Morgan fingerprint density at radius 2 is 1.91 bits per heavy atom. The molecule has 1 heterocycles. The lowest BCUT2D eigenvalue weighted by molar-refractivity contribution is 0.242. The second-order valence-electron chi connectivity index (χ2n) is 5.23. The molecule has 124 valence electrons. The Morgan fingerprint density at radius 1 is 1.22 bits per heavy atom. The van der Waals surface area contributed by atoms with Crippen molar-refractivity contribution in [2.75, 3.05) is 0 Å². The van der Waals surface area contributed by atoms with E-state index >= 15 is 0 Å². The highest BCUT2D eigenvalue weighted by Crippen LogP contribution is 2.33. The fourth-order valence-corrected chi connectivity index (χ4v) is 2.56. The summed E-state index contributed by atoms with van der Waals surface area (Å²) in [7, 11) is 0. The van der Waals surface area contributed by atoms with E-state index in [1.54, 1.807) is 6.07 Å². The summed E-state index contributed by atoms with van der Waals surface area (Å²) in [6.07, 6.45) is 1.64. The largest absolute Gasteiger partial charge is 0.489 e. The number of ether oxygens (including phenoxy) is 1. The molecule has 0 aliphatic rings. The summed E-state index contributed by atoms with van der Waals surface area (Å²) >= 11 is 12.3. The molecular formula is C15H17Cl2N3O3. The molecule has 0 aliphatic heterocycles. The third-order valence-electron chi connectivity index (χ3n) is 3.00.